The third kappa shape index (κ3) is 1.99. The Balaban J connectivity index is 2.53. The standard InChI is InChI=1S/C12H14N2O2S/c1-14-9-5-3-2-4-8(9)10(12(14)16)11(17)13-6-7-15/h2-5,15-16H,6-7H2,1H3,(H,13,17). The van der Waals surface area contributed by atoms with Crippen LogP contribution < -0.4 is 5.32 Å². The van der Waals surface area contributed by atoms with Gasteiger partial charge in [-0.1, -0.05) is 30.4 Å². The molecule has 90 valence electrons. The van der Waals surface area contributed by atoms with Gasteiger partial charge in [0.05, 0.1) is 17.7 Å². The molecule has 0 spiro atoms. The van der Waals surface area contributed by atoms with E-state index < -0.39 is 0 Å². The van der Waals surface area contributed by atoms with Crippen LogP contribution in [0.25, 0.3) is 10.9 Å². The van der Waals surface area contributed by atoms with Gasteiger partial charge < -0.3 is 20.1 Å². The van der Waals surface area contributed by atoms with Crippen LogP contribution in [-0.4, -0.2) is 32.9 Å². The number of thiocarbonyl (C=S) groups is 1. The van der Waals surface area contributed by atoms with Gasteiger partial charge in [0.1, 0.15) is 4.99 Å². The molecule has 0 aliphatic carbocycles. The van der Waals surface area contributed by atoms with E-state index in [1.165, 1.54) is 0 Å². The number of aliphatic hydroxyl groups is 1. The van der Waals surface area contributed by atoms with Gasteiger partial charge in [-0.3, -0.25) is 0 Å². The van der Waals surface area contributed by atoms with Crippen LogP contribution in [0.4, 0.5) is 0 Å². The monoisotopic (exact) mass is 250 g/mol. The number of nitrogens with zero attached hydrogens (tertiary/aromatic N) is 1. The first-order valence-electron chi connectivity index (χ1n) is 5.32. The minimum Gasteiger partial charge on any atom is -0.494 e. The van der Waals surface area contributed by atoms with E-state index in [2.05, 4.69) is 5.32 Å². The summed E-state index contributed by atoms with van der Waals surface area (Å²) in [6, 6.07) is 7.65. The summed E-state index contributed by atoms with van der Waals surface area (Å²) in [5, 5.41) is 22.6. The zero-order valence-corrected chi connectivity index (χ0v) is 10.3. The number of para-hydroxylation sites is 1. The molecule has 0 saturated carbocycles. The Morgan fingerprint density at radius 3 is 2.82 bits per heavy atom. The first-order valence-corrected chi connectivity index (χ1v) is 5.73. The van der Waals surface area contributed by atoms with Gasteiger partial charge in [0.2, 0.25) is 5.88 Å². The molecule has 1 aromatic heterocycles. The molecule has 0 bridgehead atoms. The SMILES string of the molecule is Cn1c(O)c(C(=S)NCCO)c2ccccc21. The van der Waals surface area contributed by atoms with Crippen LogP contribution in [0.2, 0.25) is 0 Å². The smallest absolute Gasteiger partial charge is 0.202 e. The fourth-order valence-corrected chi connectivity index (χ4v) is 2.16. The largest absolute Gasteiger partial charge is 0.494 e. The Hall–Kier alpha value is -1.59. The Morgan fingerprint density at radius 2 is 2.12 bits per heavy atom. The number of hydrogen-bond acceptors (Lipinski definition) is 3. The zero-order valence-electron chi connectivity index (χ0n) is 9.47. The van der Waals surface area contributed by atoms with Crippen molar-refractivity contribution in [2.45, 2.75) is 0 Å². The highest BCUT2D eigenvalue weighted by atomic mass is 32.1. The predicted octanol–water partition coefficient (Wildman–Crippen LogP) is 1.14. The third-order valence-electron chi connectivity index (χ3n) is 2.70. The van der Waals surface area contributed by atoms with Crippen molar-refractivity contribution in [1.82, 2.24) is 9.88 Å². The average Bonchev–Trinajstić information content (AvgIpc) is 2.60. The summed E-state index contributed by atoms with van der Waals surface area (Å²) in [4.78, 5) is 0.452. The number of aromatic nitrogens is 1. The molecule has 0 amide bonds. The molecule has 1 heterocycles. The molecule has 5 heteroatoms. The summed E-state index contributed by atoms with van der Waals surface area (Å²) in [6.07, 6.45) is 0. The number of aliphatic hydroxyl groups excluding tert-OH is 1. The first kappa shape index (κ1) is 11.9. The van der Waals surface area contributed by atoms with Gasteiger partial charge in [-0.2, -0.15) is 0 Å². The van der Waals surface area contributed by atoms with E-state index in [0.29, 0.717) is 17.1 Å². The molecule has 0 radical (unpaired) electrons. The lowest BCUT2D eigenvalue weighted by molar-refractivity contribution is 0.301. The molecular formula is C12H14N2O2S. The Labute approximate surface area is 104 Å². The number of nitrogens with one attached hydrogen (secondary N) is 1. The van der Waals surface area contributed by atoms with E-state index in [1.54, 1.807) is 11.6 Å². The van der Waals surface area contributed by atoms with Crippen LogP contribution in [0.5, 0.6) is 5.88 Å². The predicted molar refractivity (Wildman–Crippen MR) is 71.4 cm³/mol. The molecule has 2 rings (SSSR count). The molecule has 0 unspecified atom stereocenters. The highest BCUT2D eigenvalue weighted by Crippen LogP contribution is 2.30. The molecule has 3 N–H and O–H groups in total. The van der Waals surface area contributed by atoms with Gasteiger partial charge in [0, 0.05) is 19.0 Å². The molecular weight excluding hydrogens is 236 g/mol. The van der Waals surface area contributed by atoms with Gasteiger partial charge >= 0.3 is 0 Å². The molecule has 0 aliphatic heterocycles. The summed E-state index contributed by atoms with van der Waals surface area (Å²) in [7, 11) is 1.79. The van der Waals surface area contributed by atoms with Gasteiger partial charge in [-0.25, -0.2) is 0 Å². The fraction of sp³-hybridized carbons (Fsp3) is 0.250. The molecule has 4 nitrogen and oxygen atoms in total. The molecule has 0 aliphatic rings. The highest BCUT2D eigenvalue weighted by Gasteiger charge is 2.17. The van der Waals surface area contributed by atoms with E-state index >= 15 is 0 Å². The van der Waals surface area contributed by atoms with Gasteiger partial charge in [-0.05, 0) is 6.07 Å². The van der Waals surface area contributed by atoms with Crippen LogP contribution >= 0.6 is 12.2 Å². The van der Waals surface area contributed by atoms with E-state index in [1.807, 2.05) is 24.3 Å². The number of fused-ring (bicyclic) bond motifs is 1. The van der Waals surface area contributed by atoms with E-state index in [9.17, 15) is 5.11 Å². The Morgan fingerprint density at radius 1 is 1.41 bits per heavy atom. The maximum Gasteiger partial charge on any atom is 0.202 e. The lowest BCUT2D eigenvalue weighted by Crippen LogP contribution is -2.25. The van der Waals surface area contributed by atoms with Crippen molar-refractivity contribution in [3.05, 3.63) is 29.8 Å². The third-order valence-corrected chi connectivity index (χ3v) is 3.05. The number of benzene rings is 1. The number of aromatic hydroxyl groups is 1. The number of hydrogen-bond donors (Lipinski definition) is 3. The van der Waals surface area contributed by atoms with E-state index in [-0.39, 0.29) is 12.5 Å². The Kier molecular flexibility index (Phi) is 3.31. The van der Waals surface area contributed by atoms with Crippen molar-refractivity contribution in [1.29, 1.82) is 0 Å². The minimum absolute atomic E-state index is 0.00562. The summed E-state index contributed by atoms with van der Waals surface area (Å²) in [5.74, 6) is 0.140. The molecule has 0 atom stereocenters. The maximum atomic E-state index is 10.1. The molecule has 2 aromatic rings. The van der Waals surface area contributed by atoms with E-state index in [4.69, 9.17) is 17.3 Å². The normalized spacial score (nSPS) is 10.7. The van der Waals surface area contributed by atoms with Crippen molar-refractivity contribution >= 4 is 28.1 Å². The first-order chi connectivity index (χ1) is 8.16. The van der Waals surface area contributed by atoms with Crippen molar-refractivity contribution in [3.63, 3.8) is 0 Å². The number of rotatable bonds is 3. The fourth-order valence-electron chi connectivity index (χ4n) is 1.86. The van der Waals surface area contributed by atoms with Crippen molar-refractivity contribution in [2.24, 2.45) is 7.05 Å². The molecule has 1 aromatic carbocycles. The lowest BCUT2D eigenvalue weighted by Gasteiger charge is -2.05. The van der Waals surface area contributed by atoms with Gasteiger partial charge in [0.25, 0.3) is 0 Å². The van der Waals surface area contributed by atoms with Crippen LogP contribution in [0.3, 0.4) is 0 Å². The summed E-state index contributed by atoms with van der Waals surface area (Å²) in [5.41, 5.74) is 1.54. The molecule has 17 heavy (non-hydrogen) atoms. The van der Waals surface area contributed by atoms with Crippen LogP contribution in [-0.2, 0) is 7.05 Å². The average molecular weight is 250 g/mol. The van der Waals surface area contributed by atoms with E-state index in [0.717, 1.165) is 10.9 Å². The minimum atomic E-state index is 0.00562. The number of aryl methyl sites for hydroxylation is 1. The van der Waals surface area contributed by atoms with Gasteiger partial charge in [-0.15, -0.1) is 0 Å². The topological polar surface area (TPSA) is 57.4 Å². The van der Waals surface area contributed by atoms with Gasteiger partial charge in [0.15, 0.2) is 0 Å². The van der Waals surface area contributed by atoms with Crippen molar-refractivity contribution in [2.75, 3.05) is 13.2 Å². The summed E-state index contributed by atoms with van der Waals surface area (Å²) >= 11 is 5.22. The Bertz CT molecular complexity index is 563. The highest BCUT2D eigenvalue weighted by molar-refractivity contribution is 7.80. The maximum absolute atomic E-state index is 10.1. The quantitative estimate of drug-likeness (QED) is 0.715. The van der Waals surface area contributed by atoms with Crippen LogP contribution in [0.15, 0.2) is 24.3 Å². The lowest BCUT2D eigenvalue weighted by atomic mass is 10.1. The van der Waals surface area contributed by atoms with Crippen molar-refractivity contribution < 1.29 is 10.2 Å². The second-order valence-electron chi connectivity index (χ2n) is 3.75. The van der Waals surface area contributed by atoms with Crippen molar-refractivity contribution in [3.8, 4) is 5.88 Å². The summed E-state index contributed by atoms with van der Waals surface area (Å²) < 4.78 is 1.69. The molecule has 0 fully saturated rings. The zero-order chi connectivity index (χ0) is 12.4. The van der Waals surface area contributed by atoms with Crippen LogP contribution in [0.1, 0.15) is 5.56 Å². The van der Waals surface area contributed by atoms with Crippen LogP contribution in [0, 0.1) is 0 Å². The second kappa shape index (κ2) is 4.73. The summed E-state index contributed by atoms with van der Waals surface area (Å²) in [6.45, 7) is 0.382. The second-order valence-corrected chi connectivity index (χ2v) is 4.16. The molecule has 0 saturated heterocycles.